The number of halogens is 4. The number of nitrogens with two attached hydrogens (primary N) is 1. The van der Waals surface area contributed by atoms with Gasteiger partial charge in [-0.1, -0.05) is 29.8 Å². The maximum Gasteiger partial charge on any atom is 0.418 e. The molecule has 0 aliphatic carbocycles. The second-order valence-electron chi connectivity index (χ2n) is 17.1. The lowest BCUT2D eigenvalue weighted by Crippen LogP contribution is -2.55. The first kappa shape index (κ1) is 46.6. The van der Waals surface area contributed by atoms with Crippen molar-refractivity contribution < 1.29 is 46.6 Å². The molecule has 5 heterocycles. The van der Waals surface area contributed by atoms with Crippen LogP contribution in [0, 0.1) is 0 Å². The van der Waals surface area contributed by atoms with Gasteiger partial charge in [0.05, 0.1) is 42.5 Å². The molecule has 0 spiro atoms. The predicted molar refractivity (Wildman–Crippen MR) is 230 cm³/mol. The van der Waals surface area contributed by atoms with Gasteiger partial charge in [0.15, 0.2) is 6.10 Å². The summed E-state index contributed by atoms with van der Waals surface area (Å²) in [6.45, 7) is 10.4. The first-order chi connectivity index (χ1) is 30.3. The van der Waals surface area contributed by atoms with Crippen molar-refractivity contribution in [3.8, 4) is 0 Å². The second kappa shape index (κ2) is 21.5. The minimum Gasteiger partial charge on any atom is -0.466 e. The predicted octanol–water partition coefficient (Wildman–Crippen LogP) is 4.81. The van der Waals surface area contributed by atoms with E-state index in [1.807, 2.05) is 24.3 Å². The van der Waals surface area contributed by atoms with E-state index in [1.165, 1.54) is 11.0 Å². The monoisotopic (exact) mass is 904 g/mol. The molecule has 19 heteroatoms. The molecule has 2 aromatic carbocycles. The molecular formula is C44H60ClF3N8O7. The number of likely N-dealkylation sites (tertiary alicyclic amines) is 2. The Hall–Kier alpha value is -4.36. The highest BCUT2D eigenvalue weighted by Gasteiger charge is 2.38. The Morgan fingerprint density at radius 3 is 2.24 bits per heavy atom. The molecule has 0 unspecified atom stereocenters. The van der Waals surface area contributed by atoms with Gasteiger partial charge in [0, 0.05) is 109 Å². The lowest BCUT2D eigenvalue weighted by Gasteiger charge is -2.43. The van der Waals surface area contributed by atoms with Gasteiger partial charge in [-0.2, -0.15) is 13.2 Å². The number of morpholine rings is 1. The Balaban J connectivity index is 0.899. The van der Waals surface area contributed by atoms with Crippen LogP contribution in [0.5, 0.6) is 0 Å². The number of piperidine rings is 2. The van der Waals surface area contributed by atoms with Crippen LogP contribution in [0.4, 0.5) is 34.1 Å². The molecule has 0 bridgehead atoms. The number of benzene rings is 2. The number of nitrogens with one attached hydrogen (secondary N) is 1. The minimum atomic E-state index is -4.79. The quantitative estimate of drug-likeness (QED) is 0.162. The van der Waals surface area contributed by atoms with Crippen molar-refractivity contribution in [3.63, 3.8) is 0 Å². The maximum absolute atomic E-state index is 14.2. The van der Waals surface area contributed by atoms with Crippen molar-refractivity contribution in [2.45, 2.75) is 75.7 Å². The molecule has 346 valence electrons. The molecule has 3 N–H and O–H groups in total. The zero-order valence-corrected chi connectivity index (χ0v) is 36.6. The highest BCUT2D eigenvalue weighted by Crippen LogP contribution is 2.38. The van der Waals surface area contributed by atoms with Crippen molar-refractivity contribution in [1.82, 2.24) is 29.4 Å². The number of nitrogen functional groups attached to an aromatic ring is 1. The van der Waals surface area contributed by atoms with E-state index in [0.717, 1.165) is 82.8 Å². The molecule has 2 aromatic rings. The standard InChI is InChI=1S/C44H60ClF3N8O7/c45-36-29-31(28-35(40(36)49)44(46,47)48)30-38(63-43(60)55-16-9-34(10-17-55)56-18-6-32-4-1-2-5-37(32)50-42(56)59)41(58)54-14-7-33(8-15-54)53-21-19-52(20-22-53)13-11-39(57)62-25-3-12-51-23-26-61-27-24-51/h1-2,4-5,28-29,33-34,38H,3,6-27,30,49H2,(H,50,59)/t38-/m1/s1. The second-order valence-corrected chi connectivity index (χ2v) is 17.5. The molecule has 0 radical (unpaired) electrons. The lowest BCUT2D eigenvalue weighted by atomic mass is 9.99. The third-order valence-corrected chi connectivity index (χ3v) is 13.4. The number of rotatable bonds is 13. The molecule has 4 saturated heterocycles. The van der Waals surface area contributed by atoms with E-state index >= 15 is 0 Å². The Morgan fingerprint density at radius 1 is 0.857 bits per heavy atom. The van der Waals surface area contributed by atoms with E-state index in [-0.39, 0.29) is 54.2 Å². The summed E-state index contributed by atoms with van der Waals surface area (Å²) in [6.07, 6.45) is -3.11. The van der Waals surface area contributed by atoms with Gasteiger partial charge in [-0.3, -0.25) is 19.4 Å². The molecule has 15 nitrogen and oxygen atoms in total. The number of esters is 1. The highest BCUT2D eigenvalue weighted by molar-refractivity contribution is 6.33. The molecular weight excluding hydrogens is 845 g/mol. The average Bonchev–Trinajstić information content (AvgIpc) is 3.46. The van der Waals surface area contributed by atoms with Crippen LogP contribution in [0.1, 0.15) is 55.2 Å². The van der Waals surface area contributed by atoms with Crippen LogP contribution >= 0.6 is 11.6 Å². The molecule has 4 fully saturated rings. The number of nitrogens with zero attached hydrogens (tertiary/aromatic N) is 6. The topological polar surface area (TPSA) is 153 Å². The van der Waals surface area contributed by atoms with Gasteiger partial charge in [0.2, 0.25) is 0 Å². The van der Waals surface area contributed by atoms with Gasteiger partial charge >= 0.3 is 24.3 Å². The fourth-order valence-corrected chi connectivity index (χ4v) is 9.58. The van der Waals surface area contributed by atoms with Crippen LogP contribution in [0.25, 0.3) is 0 Å². The Kier molecular flexibility index (Phi) is 15.9. The Bertz CT molecular complexity index is 1900. The zero-order valence-electron chi connectivity index (χ0n) is 35.8. The SMILES string of the molecule is Nc1c(Cl)cc(C[C@@H](OC(=O)N2CCC(N3CCc4ccccc4NC3=O)CC2)C(=O)N2CCC(N3CCN(CCC(=O)OCCCN4CCOCC4)CC3)CC2)cc1C(F)(F)F. The van der Waals surface area contributed by atoms with Crippen molar-refractivity contribution in [3.05, 3.63) is 58.1 Å². The summed E-state index contributed by atoms with van der Waals surface area (Å²) in [7, 11) is 0. The summed E-state index contributed by atoms with van der Waals surface area (Å²) in [5.41, 5.74) is 5.86. The summed E-state index contributed by atoms with van der Waals surface area (Å²) in [5.74, 6) is -0.673. The van der Waals surface area contributed by atoms with Crippen LogP contribution in [-0.2, 0) is 42.8 Å². The average molecular weight is 905 g/mol. The van der Waals surface area contributed by atoms with Crippen LogP contribution in [0.2, 0.25) is 5.02 Å². The zero-order chi connectivity index (χ0) is 44.5. The fraction of sp³-hybridized carbons (Fsp3) is 0.636. The number of fused-ring (bicyclic) bond motifs is 1. The molecule has 5 aliphatic rings. The number of amides is 4. The fourth-order valence-electron chi connectivity index (χ4n) is 9.34. The molecule has 5 aliphatic heterocycles. The molecule has 7 rings (SSSR count). The maximum atomic E-state index is 14.2. The summed E-state index contributed by atoms with van der Waals surface area (Å²) in [5, 5.41) is 2.68. The summed E-state index contributed by atoms with van der Waals surface area (Å²) < 4.78 is 58.6. The molecule has 4 amide bonds. The molecule has 0 saturated carbocycles. The number of alkyl halides is 3. The van der Waals surface area contributed by atoms with E-state index in [9.17, 15) is 32.3 Å². The van der Waals surface area contributed by atoms with E-state index < -0.39 is 35.5 Å². The molecule has 63 heavy (non-hydrogen) atoms. The van der Waals surface area contributed by atoms with E-state index in [0.29, 0.717) is 71.3 Å². The van der Waals surface area contributed by atoms with Gasteiger partial charge in [-0.25, -0.2) is 9.59 Å². The number of urea groups is 1. The highest BCUT2D eigenvalue weighted by atomic mass is 35.5. The van der Waals surface area contributed by atoms with E-state index in [4.69, 9.17) is 31.5 Å². The number of carbonyl (C=O) groups is 4. The van der Waals surface area contributed by atoms with Gasteiger partial charge in [0.25, 0.3) is 5.91 Å². The Labute approximate surface area is 371 Å². The van der Waals surface area contributed by atoms with Crippen molar-refractivity contribution in [2.75, 3.05) is 116 Å². The van der Waals surface area contributed by atoms with Gasteiger partial charge in [0.1, 0.15) is 0 Å². The minimum absolute atomic E-state index is 0.0596. The van der Waals surface area contributed by atoms with Gasteiger partial charge in [-0.05, 0) is 67.9 Å². The van der Waals surface area contributed by atoms with Crippen LogP contribution in [0.15, 0.2) is 36.4 Å². The van der Waals surface area contributed by atoms with Gasteiger partial charge < -0.3 is 44.9 Å². The smallest absolute Gasteiger partial charge is 0.418 e. The third kappa shape index (κ3) is 12.5. The first-order valence-corrected chi connectivity index (χ1v) is 22.7. The van der Waals surface area contributed by atoms with Gasteiger partial charge in [-0.15, -0.1) is 0 Å². The van der Waals surface area contributed by atoms with Crippen LogP contribution in [-0.4, -0.2) is 176 Å². The number of hydrogen-bond acceptors (Lipinski definition) is 11. The number of anilines is 2. The summed E-state index contributed by atoms with van der Waals surface area (Å²) in [6, 6.07) is 9.72. The van der Waals surface area contributed by atoms with Crippen molar-refractivity contribution in [2.24, 2.45) is 0 Å². The lowest BCUT2D eigenvalue weighted by molar-refractivity contribution is -0.145. The summed E-state index contributed by atoms with van der Waals surface area (Å²) in [4.78, 5) is 65.4. The van der Waals surface area contributed by atoms with Crippen LogP contribution < -0.4 is 11.1 Å². The van der Waals surface area contributed by atoms with Crippen molar-refractivity contribution >= 4 is 47.0 Å². The third-order valence-electron chi connectivity index (χ3n) is 13.1. The number of ether oxygens (including phenoxy) is 3. The molecule has 0 aromatic heterocycles. The number of carbonyl (C=O) groups excluding carboxylic acids is 4. The van der Waals surface area contributed by atoms with Crippen LogP contribution in [0.3, 0.4) is 0 Å². The Morgan fingerprint density at radius 2 is 1.52 bits per heavy atom. The van der Waals surface area contributed by atoms with E-state index in [2.05, 4.69) is 20.0 Å². The summed E-state index contributed by atoms with van der Waals surface area (Å²) >= 11 is 6.16. The normalized spacial score (nSPS) is 20.8. The number of hydrogen-bond donors (Lipinski definition) is 2. The number of para-hydroxylation sites is 1. The molecule has 1 atom stereocenters. The number of piperazine rings is 1. The largest absolute Gasteiger partial charge is 0.466 e. The first-order valence-electron chi connectivity index (χ1n) is 22.3. The van der Waals surface area contributed by atoms with Crippen molar-refractivity contribution in [1.29, 1.82) is 0 Å². The van der Waals surface area contributed by atoms with E-state index in [1.54, 1.807) is 9.80 Å².